The van der Waals surface area contributed by atoms with Crippen molar-refractivity contribution in [2.75, 3.05) is 13.7 Å². The van der Waals surface area contributed by atoms with Gasteiger partial charge in [0.2, 0.25) is 0 Å². The van der Waals surface area contributed by atoms with Gasteiger partial charge in [0.25, 0.3) is 0 Å². The number of benzene rings is 1. The maximum atomic E-state index is 9.48. The summed E-state index contributed by atoms with van der Waals surface area (Å²) >= 11 is 0. The van der Waals surface area contributed by atoms with Gasteiger partial charge in [-0.05, 0) is 37.0 Å². The molecule has 0 aromatic heterocycles. The molecule has 0 saturated heterocycles. The van der Waals surface area contributed by atoms with Gasteiger partial charge in [-0.1, -0.05) is 18.2 Å². The zero-order chi connectivity index (χ0) is 13.2. The molecule has 3 nitrogen and oxygen atoms in total. The molecular formula is C15H22O3. The van der Waals surface area contributed by atoms with E-state index in [1.54, 1.807) is 13.2 Å². The summed E-state index contributed by atoms with van der Waals surface area (Å²) in [6.45, 7) is 4.86. The van der Waals surface area contributed by atoms with Crippen LogP contribution in [0.25, 0.3) is 0 Å². The molecule has 100 valence electrons. The summed E-state index contributed by atoms with van der Waals surface area (Å²) in [5.41, 5.74) is 1.13. The maximum absolute atomic E-state index is 9.48. The summed E-state index contributed by atoms with van der Waals surface area (Å²) < 4.78 is 10.6. The second kappa shape index (κ2) is 8.72. The highest BCUT2D eigenvalue weighted by Gasteiger charge is 2.01. The molecule has 18 heavy (non-hydrogen) atoms. The quantitative estimate of drug-likeness (QED) is 0.541. The van der Waals surface area contributed by atoms with E-state index in [9.17, 15) is 5.11 Å². The Kier molecular flexibility index (Phi) is 7.14. The number of aliphatic hydroxyl groups excluding tert-OH is 1. The minimum atomic E-state index is -0.285. The van der Waals surface area contributed by atoms with Crippen LogP contribution in [0, 0.1) is 0 Å². The van der Waals surface area contributed by atoms with Crippen molar-refractivity contribution in [2.45, 2.75) is 32.0 Å². The van der Waals surface area contributed by atoms with Gasteiger partial charge in [-0.3, -0.25) is 0 Å². The zero-order valence-corrected chi connectivity index (χ0v) is 11.0. The standard InChI is InChI=1S/C15H22O3/c1-3-5-14(16)6-4-11-18-12-13-7-9-15(17-2)10-8-13/h3,7-10,14,16H,1,4-6,11-12H2,2H3. The number of methoxy groups -OCH3 is 1. The molecule has 0 aliphatic rings. The van der Waals surface area contributed by atoms with E-state index in [-0.39, 0.29) is 6.10 Å². The van der Waals surface area contributed by atoms with Crippen LogP contribution < -0.4 is 4.74 Å². The van der Waals surface area contributed by atoms with Gasteiger partial charge in [0.05, 0.1) is 19.8 Å². The van der Waals surface area contributed by atoms with Crippen molar-refractivity contribution < 1.29 is 14.6 Å². The molecule has 3 heteroatoms. The largest absolute Gasteiger partial charge is 0.497 e. The van der Waals surface area contributed by atoms with Crippen molar-refractivity contribution in [2.24, 2.45) is 0 Å². The Morgan fingerprint density at radius 2 is 2.06 bits per heavy atom. The van der Waals surface area contributed by atoms with Crippen molar-refractivity contribution >= 4 is 0 Å². The summed E-state index contributed by atoms with van der Waals surface area (Å²) in [4.78, 5) is 0. The first-order valence-corrected chi connectivity index (χ1v) is 6.26. The molecule has 1 atom stereocenters. The first kappa shape index (κ1) is 14.7. The van der Waals surface area contributed by atoms with Crippen molar-refractivity contribution in [1.29, 1.82) is 0 Å². The van der Waals surface area contributed by atoms with E-state index in [0.717, 1.165) is 24.2 Å². The molecule has 0 heterocycles. The minimum absolute atomic E-state index is 0.285. The molecule has 1 aromatic rings. The van der Waals surface area contributed by atoms with Gasteiger partial charge in [0, 0.05) is 6.61 Å². The summed E-state index contributed by atoms with van der Waals surface area (Å²) in [6, 6.07) is 7.83. The number of ether oxygens (including phenoxy) is 2. The first-order valence-electron chi connectivity index (χ1n) is 6.26. The van der Waals surface area contributed by atoms with Crippen molar-refractivity contribution in [3.05, 3.63) is 42.5 Å². The Morgan fingerprint density at radius 3 is 2.67 bits per heavy atom. The zero-order valence-electron chi connectivity index (χ0n) is 11.0. The Morgan fingerprint density at radius 1 is 1.33 bits per heavy atom. The van der Waals surface area contributed by atoms with Crippen molar-refractivity contribution in [1.82, 2.24) is 0 Å². The molecule has 0 spiro atoms. The second-order valence-electron chi connectivity index (χ2n) is 4.22. The van der Waals surface area contributed by atoms with Crippen molar-refractivity contribution in [3.63, 3.8) is 0 Å². The highest BCUT2D eigenvalue weighted by atomic mass is 16.5. The van der Waals surface area contributed by atoms with Crippen LogP contribution in [0.2, 0.25) is 0 Å². The summed E-state index contributed by atoms with van der Waals surface area (Å²) in [5.74, 6) is 0.853. The third-order valence-electron chi connectivity index (χ3n) is 2.69. The highest BCUT2D eigenvalue weighted by Crippen LogP contribution is 2.12. The smallest absolute Gasteiger partial charge is 0.118 e. The van der Waals surface area contributed by atoms with Gasteiger partial charge in [-0.15, -0.1) is 6.58 Å². The van der Waals surface area contributed by atoms with Crippen LogP contribution in [0.15, 0.2) is 36.9 Å². The van der Waals surface area contributed by atoms with Crippen LogP contribution in [0.4, 0.5) is 0 Å². The Bertz CT molecular complexity index is 332. The van der Waals surface area contributed by atoms with E-state index in [4.69, 9.17) is 9.47 Å². The van der Waals surface area contributed by atoms with Gasteiger partial charge in [0.15, 0.2) is 0 Å². The third-order valence-corrected chi connectivity index (χ3v) is 2.69. The maximum Gasteiger partial charge on any atom is 0.118 e. The number of hydrogen-bond acceptors (Lipinski definition) is 3. The fraction of sp³-hybridized carbons (Fsp3) is 0.467. The van der Waals surface area contributed by atoms with Gasteiger partial charge in [-0.2, -0.15) is 0 Å². The highest BCUT2D eigenvalue weighted by molar-refractivity contribution is 5.26. The predicted octanol–water partition coefficient (Wildman–Crippen LogP) is 2.93. The number of aliphatic hydroxyl groups is 1. The number of rotatable bonds is 9. The van der Waals surface area contributed by atoms with Crippen molar-refractivity contribution in [3.8, 4) is 5.75 Å². The SMILES string of the molecule is C=CCC(O)CCCOCc1ccc(OC)cc1. The Balaban J connectivity index is 2.11. The minimum Gasteiger partial charge on any atom is -0.497 e. The summed E-state index contributed by atoms with van der Waals surface area (Å²) in [7, 11) is 1.65. The average Bonchev–Trinajstić information content (AvgIpc) is 2.39. The van der Waals surface area contributed by atoms with Crippen LogP contribution >= 0.6 is 0 Å². The molecule has 0 bridgehead atoms. The normalized spacial score (nSPS) is 12.1. The van der Waals surface area contributed by atoms with E-state index in [1.807, 2.05) is 24.3 Å². The van der Waals surface area contributed by atoms with Crippen LogP contribution in [0.5, 0.6) is 5.75 Å². The first-order chi connectivity index (χ1) is 8.76. The molecule has 0 radical (unpaired) electrons. The fourth-order valence-electron chi connectivity index (χ4n) is 1.64. The van der Waals surface area contributed by atoms with Crippen LogP contribution in [-0.4, -0.2) is 24.9 Å². The predicted molar refractivity (Wildman–Crippen MR) is 72.7 cm³/mol. The molecule has 1 N–H and O–H groups in total. The average molecular weight is 250 g/mol. The van der Waals surface area contributed by atoms with E-state index in [1.165, 1.54) is 0 Å². The summed E-state index contributed by atoms with van der Waals surface area (Å²) in [6.07, 6.45) is 3.73. The fourth-order valence-corrected chi connectivity index (χ4v) is 1.64. The van der Waals surface area contributed by atoms with Gasteiger partial charge < -0.3 is 14.6 Å². The van der Waals surface area contributed by atoms with Crippen LogP contribution in [0.1, 0.15) is 24.8 Å². The van der Waals surface area contributed by atoms with Gasteiger partial charge in [-0.25, -0.2) is 0 Å². The topological polar surface area (TPSA) is 38.7 Å². The molecule has 0 fully saturated rings. The lowest BCUT2D eigenvalue weighted by Gasteiger charge is -2.08. The molecule has 1 unspecified atom stereocenters. The monoisotopic (exact) mass is 250 g/mol. The lowest BCUT2D eigenvalue weighted by atomic mass is 10.1. The Labute approximate surface area is 109 Å². The van der Waals surface area contributed by atoms with E-state index in [2.05, 4.69) is 6.58 Å². The molecule has 0 aliphatic carbocycles. The van der Waals surface area contributed by atoms with Gasteiger partial charge in [0.1, 0.15) is 5.75 Å². The Hall–Kier alpha value is -1.32. The number of hydrogen-bond donors (Lipinski definition) is 1. The molecule has 1 aromatic carbocycles. The third kappa shape index (κ3) is 5.84. The molecule has 1 rings (SSSR count). The van der Waals surface area contributed by atoms with E-state index < -0.39 is 0 Å². The lowest BCUT2D eigenvalue weighted by molar-refractivity contribution is 0.0979. The van der Waals surface area contributed by atoms with E-state index >= 15 is 0 Å². The lowest BCUT2D eigenvalue weighted by Crippen LogP contribution is -2.06. The molecule has 0 saturated carbocycles. The van der Waals surface area contributed by atoms with Crippen LogP contribution in [-0.2, 0) is 11.3 Å². The molecular weight excluding hydrogens is 228 g/mol. The van der Waals surface area contributed by atoms with E-state index in [0.29, 0.717) is 19.6 Å². The molecule has 0 aliphatic heterocycles. The van der Waals surface area contributed by atoms with Crippen LogP contribution in [0.3, 0.4) is 0 Å². The second-order valence-corrected chi connectivity index (χ2v) is 4.22. The summed E-state index contributed by atoms with van der Waals surface area (Å²) in [5, 5.41) is 9.48. The molecule has 0 amide bonds. The van der Waals surface area contributed by atoms with Gasteiger partial charge >= 0.3 is 0 Å².